The second-order valence-electron chi connectivity index (χ2n) is 5.38. The minimum absolute atomic E-state index is 0.195. The van der Waals surface area contributed by atoms with E-state index in [1.54, 1.807) is 36.4 Å². The molecule has 1 aliphatic rings. The van der Waals surface area contributed by atoms with Crippen LogP contribution in [0.3, 0.4) is 0 Å². The third-order valence-corrected chi connectivity index (χ3v) is 4.52. The maximum absolute atomic E-state index is 12.4. The lowest BCUT2D eigenvalue weighted by Gasteiger charge is -2.13. The second-order valence-corrected chi connectivity index (χ2v) is 6.42. The van der Waals surface area contributed by atoms with Crippen molar-refractivity contribution in [3.05, 3.63) is 78.9 Å². The molecule has 0 radical (unpaired) electrons. The number of esters is 1. The lowest BCUT2D eigenvalue weighted by Crippen LogP contribution is -2.29. The number of amides is 2. The number of thioether (sulfide) groups is 1. The lowest BCUT2D eigenvalue weighted by atomic mass is 10.2. The normalized spacial score (nSPS) is 13.0. The quantitative estimate of drug-likeness (QED) is 0.261. The summed E-state index contributed by atoms with van der Waals surface area (Å²) in [7, 11) is 0. The zero-order valence-electron chi connectivity index (χ0n) is 14.0. The molecule has 6 nitrogen and oxygen atoms in total. The molecular formula is C20H13NO5S. The summed E-state index contributed by atoms with van der Waals surface area (Å²) in [6.07, 6.45) is 3.48. The van der Waals surface area contributed by atoms with Crippen molar-refractivity contribution in [1.29, 1.82) is 0 Å². The Bertz CT molecular complexity index is 943. The van der Waals surface area contributed by atoms with E-state index in [4.69, 9.17) is 4.74 Å². The highest BCUT2D eigenvalue weighted by Gasteiger charge is 2.24. The molecule has 2 aromatic rings. The fourth-order valence-electron chi connectivity index (χ4n) is 2.30. The van der Waals surface area contributed by atoms with Crippen LogP contribution in [0, 0.1) is 0 Å². The maximum atomic E-state index is 12.4. The number of nitrogens with zero attached hydrogens (tertiary/aromatic N) is 1. The Labute approximate surface area is 159 Å². The average molecular weight is 379 g/mol. The van der Waals surface area contributed by atoms with E-state index in [0.29, 0.717) is 21.9 Å². The first kappa shape index (κ1) is 18.3. The van der Waals surface area contributed by atoms with Crippen molar-refractivity contribution in [2.45, 2.75) is 4.90 Å². The van der Waals surface area contributed by atoms with Gasteiger partial charge in [-0.05, 0) is 60.3 Å². The van der Waals surface area contributed by atoms with Gasteiger partial charge in [-0.25, -0.2) is 9.69 Å². The van der Waals surface area contributed by atoms with Crippen LogP contribution in [0.2, 0.25) is 0 Å². The van der Waals surface area contributed by atoms with Crippen LogP contribution in [0.1, 0.15) is 10.4 Å². The van der Waals surface area contributed by atoms with Crippen LogP contribution < -0.4 is 9.64 Å². The highest BCUT2D eigenvalue weighted by molar-refractivity contribution is 8.14. The molecule has 0 bridgehead atoms. The smallest absolute Gasteiger partial charge is 0.335 e. The molecule has 134 valence electrons. The van der Waals surface area contributed by atoms with Crippen molar-refractivity contribution in [1.82, 2.24) is 0 Å². The van der Waals surface area contributed by atoms with E-state index in [-0.39, 0.29) is 5.12 Å². The minimum Gasteiger partial charge on any atom is -0.423 e. The third kappa shape index (κ3) is 4.21. The van der Waals surface area contributed by atoms with Crippen molar-refractivity contribution in [2.75, 3.05) is 4.90 Å². The van der Waals surface area contributed by atoms with Gasteiger partial charge in [0.25, 0.3) is 11.8 Å². The van der Waals surface area contributed by atoms with Gasteiger partial charge in [-0.1, -0.05) is 6.58 Å². The Morgan fingerprint density at radius 2 is 1.52 bits per heavy atom. The van der Waals surface area contributed by atoms with Crippen LogP contribution in [0.4, 0.5) is 5.69 Å². The molecule has 0 fully saturated rings. The molecule has 0 aliphatic carbocycles. The lowest BCUT2D eigenvalue weighted by molar-refractivity contribution is -0.129. The van der Waals surface area contributed by atoms with Crippen LogP contribution >= 0.6 is 11.8 Å². The highest BCUT2D eigenvalue weighted by Crippen LogP contribution is 2.27. The summed E-state index contributed by atoms with van der Waals surface area (Å²) in [5, 5.41) is -0.195. The van der Waals surface area contributed by atoms with E-state index < -0.39 is 17.8 Å². The molecule has 0 N–H and O–H groups in total. The topological polar surface area (TPSA) is 80.8 Å². The number of hydrogen-bond acceptors (Lipinski definition) is 6. The zero-order chi connectivity index (χ0) is 19.4. The Kier molecular flexibility index (Phi) is 5.33. The predicted molar refractivity (Wildman–Crippen MR) is 101 cm³/mol. The zero-order valence-corrected chi connectivity index (χ0v) is 14.8. The van der Waals surface area contributed by atoms with Gasteiger partial charge in [0.05, 0.1) is 5.69 Å². The van der Waals surface area contributed by atoms with Crippen molar-refractivity contribution in [2.24, 2.45) is 0 Å². The van der Waals surface area contributed by atoms with Crippen LogP contribution in [-0.2, 0) is 14.4 Å². The van der Waals surface area contributed by atoms with E-state index in [1.807, 2.05) is 0 Å². The molecule has 0 aromatic heterocycles. The molecule has 2 aromatic carbocycles. The average Bonchev–Trinajstić information content (AvgIpc) is 3.01. The maximum Gasteiger partial charge on any atom is 0.335 e. The van der Waals surface area contributed by atoms with Crippen molar-refractivity contribution < 1.29 is 23.9 Å². The summed E-state index contributed by atoms with van der Waals surface area (Å²) < 4.78 is 4.96. The fraction of sp³-hybridized carbons (Fsp3) is 0. The molecule has 0 spiro atoms. The van der Waals surface area contributed by atoms with Crippen LogP contribution in [-0.4, -0.2) is 22.9 Å². The third-order valence-electron chi connectivity index (χ3n) is 3.59. The van der Waals surface area contributed by atoms with E-state index in [1.165, 1.54) is 24.3 Å². The Morgan fingerprint density at radius 3 is 2.07 bits per heavy atom. The molecule has 27 heavy (non-hydrogen) atoms. The van der Waals surface area contributed by atoms with E-state index >= 15 is 0 Å². The first-order chi connectivity index (χ1) is 13.0. The van der Waals surface area contributed by atoms with Crippen molar-refractivity contribution in [3.63, 3.8) is 0 Å². The van der Waals surface area contributed by atoms with E-state index in [2.05, 4.69) is 6.58 Å². The van der Waals surface area contributed by atoms with Crippen LogP contribution in [0.25, 0.3) is 0 Å². The fourth-order valence-corrected chi connectivity index (χ4v) is 3.04. The number of hydrogen-bond donors (Lipinski definition) is 0. The van der Waals surface area contributed by atoms with Gasteiger partial charge in [0.2, 0.25) is 5.12 Å². The van der Waals surface area contributed by atoms with Gasteiger partial charge in [0, 0.05) is 28.7 Å². The summed E-state index contributed by atoms with van der Waals surface area (Å²) in [5.74, 6) is -1.05. The number of carbonyl (C=O) groups is 4. The first-order valence-corrected chi connectivity index (χ1v) is 8.62. The van der Waals surface area contributed by atoms with E-state index in [0.717, 1.165) is 22.7 Å². The number of ether oxygens (including phenoxy) is 1. The summed E-state index contributed by atoms with van der Waals surface area (Å²) in [5.41, 5.74) is 0.886. The van der Waals surface area contributed by atoms with Gasteiger partial charge >= 0.3 is 5.97 Å². The standard InChI is InChI=1S/C20H13NO5S/c1-2-19(24)26-15-7-3-13(4-8-15)20(25)27-16-9-5-14(6-10-16)21-17(22)11-12-18(21)23/h2-12H,1H2. The van der Waals surface area contributed by atoms with Gasteiger partial charge in [-0.15, -0.1) is 0 Å². The van der Waals surface area contributed by atoms with Gasteiger partial charge < -0.3 is 4.74 Å². The Balaban J connectivity index is 1.65. The molecule has 2 amide bonds. The first-order valence-electron chi connectivity index (χ1n) is 7.80. The molecule has 1 aliphatic heterocycles. The summed E-state index contributed by atoms with van der Waals surface area (Å²) in [6, 6.07) is 12.7. The summed E-state index contributed by atoms with van der Waals surface area (Å²) in [6.45, 7) is 3.31. The van der Waals surface area contributed by atoms with Gasteiger partial charge in [-0.2, -0.15) is 0 Å². The molecular weight excluding hydrogens is 366 g/mol. The second kappa shape index (κ2) is 7.84. The van der Waals surface area contributed by atoms with Crippen molar-refractivity contribution >= 4 is 40.3 Å². The molecule has 0 saturated heterocycles. The van der Waals surface area contributed by atoms with Crippen LogP contribution in [0.5, 0.6) is 5.75 Å². The Morgan fingerprint density at radius 1 is 0.926 bits per heavy atom. The number of imide groups is 1. The molecule has 0 saturated carbocycles. The van der Waals surface area contributed by atoms with Crippen molar-refractivity contribution in [3.8, 4) is 5.75 Å². The molecule has 0 unspecified atom stereocenters. The predicted octanol–water partition coefficient (Wildman–Crippen LogP) is 3.14. The monoisotopic (exact) mass is 379 g/mol. The summed E-state index contributed by atoms with van der Waals surface area (Å²) >= 11 is 1.01. The highest BCUT2D eigenvalue weighted by atomic mass is 32.2. The minimum atomic E-state index is -0.575. The number of anilines is 1. The largest absolute Gasteiger partial charge is 0.423 e. The summed E-state index contributed by atoms with van der Waals surface area (Å²) in [4.78, 5) is 48.6. The molecule has 0 atom stereocenters. The number of carbonyl (C=O) groups excluding carboxylic acids is 4. The number of benzene rings is 2. The molecule has 1 heterocycles. The molecule has 7 heteroatoms. The van der Waals surface area contributed by atoms with Gasteiger partial charge in [0.15, 0.2) is 0 Å². The van der Waals surface area contributed by atoms with Crippen LogP contribution in [0.15, 0.2) is 78.2 Å². The van der Waals surface area contributed by atoms with Gasteiger partial charge in [-0.3, -0.25) is 14.4 Å². The Hall–Kier alpha value is -3.45. The SMILES string of the molecule is C=CC(=O)Oc1ccc(C(=O)Sc2ccc(N3C(=O)C=CC3=O)cc2)cc1. The number of rotatable bonds is 5. The molecule has 3 rings (SSSR count). The van der Waals surface area contributed by atoms with E-state index in [9.17, 15) is 19.2 Å². The van der Waals surface area contributed by atoms with Gasteiger partial charge in [0.1, 0.15) is 5.75 Å².